The number of aromatic nitrogens is 1. The van der Waals surface area contributed by atoms with Crippen LogP contribution in [-0.4, -0.2) is 4.98 Å². The van der Waals surface area contributed by atoms with Crippen molar-refractivity contribution in [1.82, 2.24) is 4.98 Å². The molecule has 0 amide bonds. The van der Waals surface area contributed by atoms with Gasteiger partial charge in [-0.05, 0) is 36.1 Å². The summed E-state index contributed by atoms with van der Waals surface area (Å²) in [6.45, 7) is 2.26. The number of aromatic amines is 1. The van der Waals surface area contributed by atoms with Crippen LogP contribution in [0.1, 0.15) is 38.2 Å². The molecule has 0 fully saturated rings. The topological polar surface area (TPSA) is 15.8 Å². The largest absolute Gasteiger partial charge is 0.361 e. The van der Waals surface area contributed by atoms with Gasteiger partial charge in [0.05, 0.1) is 0 Å². The van der Waals surface area contributed by atoms with Crippen LogP contribution in [0.25, 0.3) is 11.3 Å². The van der Waals surface area contributed by atoms with Gasteiger partial charge in [-0.3, -0.25) is 0 Å². The number of unbranched alkanes of at least 4 members (excludes halogenated alkanes) is 3. The van der Waals surface area contributed by atoms with Crippen LogP contribution in [0.4, 0.5) is 0 Å². The van der Waals surface area contributed by atoms with Crippen molar-refractivity contribution in [2.45, 2.75) is 39.0 Å². The zero-order valence-corrected chi connectivity index (χ0v) is 10.6. The Hall–Kier alpha value is -1.50. The highest BCUT2D eigenvalue weighted by Gasteiger charge is 1.98. The van der Waals surface area contributed by atoms with E-state index < -0.39 is 0 Å². The zero-order valence-electron chi connectivity index (χ0n) is 10.6. The van der Waals surface area contributed by atoms with Gasteiger partial charge in [0.2, 0.25) is 0 Å². The molecule has 0 radical (unpaired) electrons. The number of nitrogens with one attached hydrogen (secondary N) is 1. The Bertz CT molecular complexity index is 411. The van der Waals surface area contributed by atoms with Crippen LogP contribution in [0.2, 0.25) is 0 Å². The van der Waals surface area contributed by atoms with E-state index in [2.05, 4.69) is 42.2 Å². The van der Waals surface area contributed by atoms with E-state index >= 15 is 0 Å². The van der Waals surface area contributed by atoms with Crippen LogP contribution >= 0.6 is 0 Å². The third-order valence-electron chi connectivity index (χ3n) is 3.18. The Morgan fingerprint density at radius 1 is 0.941 bits per heavy atom. The molecule has 0 saturated heterocycles. The highest BCUT2D eigenvalue weighted by Crippen LogP contribution is 2.18. The van der Waals surface area contributed by atoms with Crippen molar-refractivity contribution in [3.63, 3.8) is 0 Å². The molecule has 0 saturated carbocycles. The minimum Gasteiger partial charge on any atom is -0.361 e. The lowest BCUT2D eigenvalue weighted by Gasteiger charge is -2.03. The summed E-state index contributed by atoms with van der Waals surface area (Å²) < 4.78 is 0. The summed E-state index contributed by atoms with van der Waals surface area (Å²) in [4.78, 5) is 3.23. The maximum Gasteiger partial charge on any atom is 0.0453 e. The molecule has 0 aliphatic rings. The standard InChI is InChI=1S/C16H21N/c1-2-3-4-5-7-14-9-11-15(12-10-14)16-8-6-13-17-16/h6,8-13,17H,2-5,7H2,1H3. The molecule has 1 heteroatoms. The van der Waals surface area contributed by atoms with E-state index in [1.54, 1.807) is 0 Å². The fraction of sp³-hybridized carbons (Fsp3) is 0.375. The third-order valence-corrected chi connectivity index (χ3v) is 3.18. The molecule has 0 bridgehead atoms. The lowest BCUT2D eigenvalue weighted by atomic mass is 10.0. The first-order valence-electron chi connectivity index (χ1n) is 6.63. The molecule has 0 aliphatic carbocycles. The number of aryl methyl sites for hydroxylation is 1. The minimum atomic E-state index is 1.20. The minimum absolute atomic E-state index is 1.20. The quantitative estimate of drug-likeness (QED) is 0.682. The predicted molar refractivity (Wildman–Crippen MR) is 74.1 cm³/mol. The first-order chi connectivity index (χ1) is 8.40. The number of hydrogen-bond donors (Lipinski definition) is 1. The SMILES string of the molecule is CCCCCCc1ccc(-c2ccc[nH]2)cc1. The van der Waals surface area contributed by atoms with Crippen LogP contribution in [0, 0.1) is 0 Å². The molecule has 0 spiro atoms. The Morgan fingerprint density at radius 2 is 1.76 bits per heavy atom. The second kappa shape index (κ2) is 6.29. The van der Waals surface area contributed by atoms with Gasteiger partial charge < -0.3 is 4.98 Å². The van der Waals surface area contributed by atoms with Crippen molar-refractivity contribution in [1.29, 1.82) is 0 Å². The number of benzene rings is 1. The van der Waals surface area contributed by atoms with Crippen LogP contribution < -0.4 is 0 Å². The van der Waals surface area contributed by atoms with Crippen LogP contribution in [-0.2, 0) is 6.42 Å². The highest BCUT2D eigenvalue weighted by molar-refractivity contribution is 5.59. The molecule has 0 atom stereocenters. The van der Waals surface area contributed by atoms with Gasteiger partial charge in [0.15, 0.2) is 0 Å². The molecule has 1 aromatic heterocycles. The maximum absolute atomic E-state index is 3.23. The summed E-state index contributed by atoms with van der Waals surface area (Å²) in [5, 5.41) is 0. The molecule has 1 nitrogen and oxygen atoms in total. The zero-order chi connectivity index (χ0) is 11.9. The second-order valence-electron chi connectivity index (χ2n) is 4.59. The Kier molecular flexibility index (Phi) is 4.43. The van der Waals surface area contributed by atoms with Gasteiger partial charge in [-0.2, -0.15) is 0 Å². The average molecular weight is 227 g/mol. The van der Waals surface area contributed by atoms with E-state index in [-0.39, 0.29) is 0 Å². The normalized spacial score (nSPS) is 10.6. The molecule has 2 rings (SSSR count). The first-order valence-corrected chi connectivity index (χ1v) is 6.63. The van der Waals surface area contributed by atoms with Gasteiger partial charge in [-0.1, -0.05) is 50.5 Å². The number of rotatable bonds is 6. The van der Waals surface area contributed by atoms with E-state index in [1.165, 1.54) is 48.9 Å². The first kappa shape index (κ1) is 12.0. The summed E-state index contributed by atoms with van der Waals surface area (Å²) in [6.07, 6.45) is 8.52. The van der Waals surface area contributed by atoms with Gasteiger partial charge in [-0.15, -0.1) is 0 Å². The van der Waals surface area contributed by atoms with Gasteiger partial charge >= 0.3 is 0 Å². The Labute approximate surface area is 104 Å². The highest BCUT2D eigenvalue weighted by atomic mass is 14.7. The van der Waals surface area contributed by atoms with Crippen molar-refractivity contribution >= 4 is 0 Å². The summed E-state index contributed by atoms with van der Waals surface area (Å²) in [5.41, 5.74) is 3.92. The van der Waals surface area contributed by atoms with E-state index in [4.69, 9.17) is 0 Å². The molecule has 0 unspecified atom stereocenters. The van der Waals surface area contributed by atoms with Gasteiger partial charge in [0.25, 0.3) is 0 Å². The fourth-order valence-electron chi connectivity index (χ4n) is 2.12. The lowest BCUT2D eigenvalue weighted by Crippen LogP contribution is -1.86. The van der Waals surface area contributed by atoms with E-state index in [9.17, 15) is 0 Å². The lowest BCUT2D eigenvalue weighted by molar-refractivity contribution is 0.667. The second-order valence-corrected chi connectivity index (χ2v) is 4.59. The smallest absolute Gasteiger partial charge is 0.0453 e. The van der Waals surface area contributed by atoms with Crippen molar-refractivity contribution < 1.29 is 0 Å². The fourth-order valence-corrected chi connectivity index (χ4v) is 2.12. The van der Waals surface area contributed by atoms with E-state index in [0.717, 1.165) is 0 Å². The Balaban J connectivity index is 1.90. The van der Waals surface area contributed by atoms with Crippen molar-refractivity contribution in [3.05, 3.63) is 48.2 Å². The van der Waals surface area contributed by atoms with Crippen LogP contribution in [0.15, 0.2) is 42.6 Å². The van der Waals surface area contributed by atoms with Gasteiger partial charge in [-0.25, -0.2) is 0 Å². The number of hydrogen-bond acceptors (Lipinski definition) is 0. The third kappa shape index (κ3) is 3.48. The predicted octanol–water partition coefficient (Wildman–Crippen LogP) is 4.80. The molecule has 1 N–H and O–H groups in total. The van der Waals surface area contributed by atoms with Crippen molar-refractivity contribution in [2.75, 3.05) is 0 Å². The van der Waals surface area contributed by atoms with Crippen molar-refractivity contribution in [3.8, 4) is 11.3 Å². The number of H-pyrrole nitrogens is 1. The Morgan fingerprint density at radius 3 is 2.41 bits per heavy atom. The molecular formula is C16H21N. The van der Waals surface area contributed by atoms with E-state index in [1.807, 2.05) is 12.3 Å². The molecular weight excluding hydrogens is 206 g/mol. The van der Waals surface area contributed by atoms with E-state index in [0.29, 0.717) is 0 Å². The molecule has 1 heterocycles. The monoisotopic (exact) mass is 227 g/mol. The van der Waals surface area contributed by atoms with Crippen LogP contribution in [0.5, 0.6) is 0 Å². The summed E-state index contributed by atoms with van der Waals surface area (Å²) >= 11 is 0. The van der Waals surface area contributed by atoms with Crippen LogP contribution in [0.3, 0.4) is 0 Å². The molecule has 0 aliphatic heterocycles. The molecule has 90 valence electrons. The van der Waals surface area contributed by atoms with Crippen molar-refractivity contribution in [2.24, 2.45) is 0 Å². The average Bonchev–Trinajstić information content (AvgIpc) is 2.89. The molecule has 1 aromatic carbocycles. The van der Waals surface area contributed by atoms with Gasteiger partial charge in [0, 0.05) is 11.9 Å². The molecule has 2 aromatic rings. The maximum atomic E-state index is 3.23. The summed E-state index contributed by atoms with van der Waals surface area (Å²) in [6, 6.07) is 13.1. The summed E-state index contributed by atoms with van der Waals surface area (Å²) in [5.74, 6) is 0. The molecule has 17 heavy (non-hydrogen) atoms. The summed E-state index contributed by atoms with van der Waals surface area (Å²) in [7, 11) is 0. The van der Waals surface area contributed by atoms with Gasteiger partial charge in [0.1, 0.15) is 0 Å².